The normalized spacial score (nSPS) is 21.0. The van der Waals surface area contributed by atoms with Crippen LogP contribution in [0.15, 0.2) is 18.2 Å². The molecule has 0 bridgehead atoms. The number of rotatable bonds is 3. The molecule has 3 rings (SSSR count). The molecule has 1 N–H and O–H groups in total. The summed E-state index contributed by atoms with van der Waals surface area (Å²) in [6.07, 6.45) is 5.69. The Morgan fingerprint density at radius 1 is 0.955 bits per heavy atom. The molecule has 2 nitrogen and oxygen atoms in total. The number of piperazine rings is 1. The Morgan fingerprint density at radius 2 is 1.50 bits per heavy atom. The molecule has 4 heteroatoms. The third-order valence-corrected chi connectivity index (χ3v) is 4.98. The lowest BCUT2D eigenvalue weighted by atomic mass is 9.88. The number of aryl methyl sites for hydroxylation is 2. The van der Waals surface area contributed by atoms with Crippen molar-refractivity contribution in [2.24, 2.45) is 5.92 Å². The van der Waals surface area contributed by atoms with Crippen molar-refractivity contribution in [2.45, 2.75) is 45.6 Å². The highest BCUT2D eigenvalue weighted by atomic mass is 35.5. The lowest BCUT2D eigenvalue weighted by molar-refractivity contribution is 0.125. The van der Waals surface area contributed by atoms with Crippen LogP contribution in [-0.4, -0.2) is 31.1 Å². The lowest BCUT2D eigenvalue weighted by Gasteiger charge is -2.39. The third-order valence-electron chi connectivity index (χ3n) is 4.98. The Kier molecular flexibility index (Phi) is 8.20. The molecule has 0 amide bonds. The van der Waals surface area contributed by atoms with Crippen LogP contribution in [0.2, 0.25) is 0 Å². The highest BCUT2D eigenvalue weighted by Crippen LogP contribution is 2.40. The first-order valence-electron chi connectivity index (χ1n) is 8.27. The van der Waals surface area contributed by atoms with Gasteiger partial charge in [0.2, 0.25) is 0 Å². The molecule has 1 aromatic carbocycles. The summed E-state index contributed by atoms with van der Waals surface area (Å²) in [5.41, 5.74) is 4.40. The minimum absolute atomic E-state index is 0. The van der Waals surface area contributed by atoms with Crippen LogP contribution in [0.5, 0.6) is 0 Å². The second kappa shape index (κ2) is 9.12. The number of nitrogens with one attached hydrogen (secondary N) is 1. The van der Waals surface area contributed by atoms with E-state index in [2.05, 4.69) is 42.3 Å². The van der Waals surface area contributed by atoms with Gasteiger partial charge < -0.3 is 5.32 Å². The molecule has 1 aliphatic heterocycles. The fourth-order valence-electron chi connectivity index (χ4n) is 4.20. The fraction of sp³-hybridized carbons (Fsp3) is 0.667. The Bertz CT molecular complexity index is 432. The summed E-state index contributed by atoms with van der Waals surface area (Å²) in [7, 11) is 0. The van der Waals surface area contributed by atoms with E-state index < -0.39 is 0 Å². The van der Waals surface area contributed by atoms with Crippen molar-refractivity contribution in [3.05, 3.63) is 34.9 Å². The predicted molar refractivity (Wildman–Crippen MR) is 99.6 cm³/mol. The number of halogens is 2. The summed E-state index contributed by atoms with van der Waals surface area (Å²) in [6, 6.07) is 7.81. The monoisotopic (exact) mass is 344 g/mol. The number of benzene rings is 1. The van der Waals surface area contributed by atoms with E-state index in [1.807, 2.05) is 0 Å². The molecule has 0 radical (unpaired) electrons. The molecule has 1 saturated carbocycles. The minimum atomic E-state index is 0. The van der Waals surface area contributed by atoms with Crippen LogP contribution in [0.1, 0.15) is 48.4 Å². The topological polar surface area (TPSA) is 15.3 Å². The largest absolute Gasteiger partial charge is 0.314 e. The molecule has 2 fully saturated rings. The average molecular weight is 345 g/mol. The van der Waals surface area contributed by atoms with Gasteiger partial charge in [-0.1, -0.05) is 42.2 Å². The van der Waals surface area contributed by atoms with Crippen molar-refractivity contribution in [1.29, 1.82) is 0 Å². The molecule has 1 atom stereocenters. The van der Waals surface area contributed by atoms with E-state index in [1.165, 1.54) is 49.9 Å². The lowest BCUT2D eigenvalue weighted by Crippen LogP contribution is -2.46. The highest BCUT2D eigenvalue weighted by molar-refractivity contribution is 5.85. The summed E-state index contributed by atoms with van der Waals surface area (Å²) >= 11 is 0. The van der Waals surface area contributed by atoms with E-state index in [4.69, 9.17) is 0 Å². The van der Waals surface area contributed by atoms with Crippen LogP contribution >= 0.6 is 24.8 Å². The minimum Gasteiger partial charge on any atom is -0.314 e. The molecule has 0 spiro atoms. The zero-order valence-electron chi connectivity index (χ0n) is 13.8. The molecular weight excluding hydrogens is 315 g/mol. The average Bonchev–Trinajstić information content (AvgIpc) is 2.93. The van der Waals surface area contributed by atoms with Crippen LogP contribution in [0, 0.1) is 19.8 Å². The predicted octanol–water partition coefficient (Wildman–Crippen LogP) is 4.28. The molecule has 0 aromatic heterocycles. The first-order chi connectivity index (χ1) is 9.74. The second-order valence-corrected chi connectivity index (χ2v) is 6.70. The van der Waals surface area contributed by atoms with E-state index in [-0.39, 0.29) is 24.8 Å². The molecule has 0 unspecified atom stereocenters. The first kappa shape index (κ1) is 19.8. The van der Waals surface area contributed by atoms with E-state index in [0.717, 1.165) is 19.0 Å². The Hall–Kier alpha value is -0.280. The van der Waals surface area contributed by atoms with Gasteiger partial charge in [0, 0.05) is 32.2 Å². The molecule has 1 heterocycles. The molecule has 1 aliphatic carbocycles. The molecule has 1 aromatic rings. The van der Waals surface area contributed by atoms with Gasteiger partial charge in [-0.3, -0.25) is 4.90 Å². The highest BCUT2D eigenvalue weighted by Gasteiger charge is 2.31. The molecular formula is C18H30Cl2N2. The summed E-state index contributed by atoms with van der Waals surface area (Å²) < 4.78 is 0. The van der Waals surface area contributed by atoms with Gasteiger partial charge in [0.05, 0.1) is 0 Å². The maximum absolute atomic E-state index is 3.49. The van der Waals surface area contributed by atoms with Gasteiger partial charge >= 0.3 is 0 Å². The van der Waals surface area contributed by atoms with Gasteiger partial charge in [0.1, 0.15) is 0 Å². The maximum Gasteiger partial charge on any atom is 0.0377 e. The first-order valence-corrected chi connectivity index (χ1v) is 8.27. The quantitative estimate of drug-likeness (QED) is 0.879. The molecule has 22 heavy (non-hydrogen) atoms. The van der Waals surface area contributed by atoms with Crippen LogP contribution in [0.3, 0.4) is 0 Å². The second-order valence-electron chi connectivity index (χ2n) is 6.70. The number of hydrogen-bond donors (Lipinski definition) is 1. The SMILES string of the molecule is Cc1cc(C)cc([C@H](C2CCCC2)N2CCNCC2)c1.Cl.Cl. The molecule has 2 aliphatic rings. The summed E-state index contributed by atoms with van der Waals surface area (Å²) in [4.78, 5) is 2.74. The van der Waals surface area contributed by atoms with Crippen LogP contribution < -0.4 is 5.32 Å². The Balaban J connectivity index is 0.00000121. The van der Waals surface area contributed by atoms with Crippen molar-refractivity contribution in [1.82, 2.24) is 10.2 Å². The van der Waals surface area contributed by atoms with Gasteiger partial charge in [-0.2, -0.15) is 0 Å². The van der Waals surface area contributed by atoms with Gasteiger partial charge in [-0.05, 0) is 38.2 Å². The van der Waals surface area contributed by atoms with Crippen molar-refractivity contribution in [3.63, 3.8) is 0 Å². The van der Waals surface area contributed by atoms with Crippen LogP contribution in [0.4, 0.5) is 0 Å². The smallest absolute Gasteiger partial charge is 0.0377 e. The van der Waals surface area contributed by atoms with Crippen molar-refractivity contribution in [2.75, 3.05) is 26.2 Å². The third kappa shape index (κ3) is 4.61. The summed E-state index contributed by atoms with van der Waals surface area (Å²) in [5.74, 6) is 0.870. The maximum atomic E-state index is 3.49. The zero-order valence-corrected chi connectivity index (χ0v) is 15.4. The van der Waals surface area contributed by atoms with E-state index in [0.29, 0.717) is 6.04 Å². The Labute approximate surface area is 147 Å². The van der Waals surface area contributed by atoms with Gasteiger partial charge in [-0.25, -0.2) is 0 Å². The van der Waals surface area contributed by atoms with Gasteiger partial charge in [-0.15, -0.1) is 24.8 Å². The number of hydrogen-bond acceptors (Lipinski definition) is 2. The Morgan fingerprint density at radius 3 is 2.05 bits per heavy atom. The molecule has 126 valence electrons. The molecule has 1 saturated heterocycles. The van der Waals surface area contributed by atoms with E-state index in [9.17, 15) is 0 Å². The van der Waals surface area contributed by atoms with Crippen molar-refractivity contribution in [3.8, 4) is 0 Å². The summed E-state index contributed by atoms with van der Waals surface area (Å²) in [5, 5.41) is 3.49. The van der Waals surface area contributed by atoms with Gasteiger partial charge in [0.25, 0.3) is 0 Å². The number of nitrogens with zero attached hydrogens (tertiary/aromatic N) is 1. The van der Waals surface area contributed by atoms with Gasteiger partial charge in [0.15, 0.2) is 0 Å². The summed E-state index contributed by atoms with van der Waals surface area (Å²) in [6.45, 7) is 9.17. The van der Waals surface area contributed by atoms with E-state index >= 15 is 0 Å². The standard InChI is InChI=1S/C18H28N2.2ClH/c1-14-11-15(2)13-17(12-14)18(16-5-3-4-6-16)20-9-7-19-8-10-20;;/h11-13,16,18-19H,3-10H2,1-2H3;2*1H/t18-;;/m0../s1. The zero-order chi connectivity index (χ0) is 13.9. The van der Waals surface area contributed by atoms with Crippen LogP contribution in [-0.2, 0) is 0 Å². The van der Waals surface area contributed by atoms with E-state index in [1.54, 1.807) is 5.56 Å². The van der Waals surface area contributed by atoms with Crippen molar-refractivity contribution >= 4 is 24.8 Å². The van der Waals surface area contributed by atoms with Crippen LogP contribution in [0.25, 0.3) is 0 Å². The van der Waals surface area contributed by atoms with Crippen molar-refractivity contribution < 1.29 is 0 Å². The fourth-order valence-corrected chi connectivity index (χ4v) is 4.20.